The van der Waals surface area contributed by atoms with E-state index in [9.17, 15) is 4.79 Å². The first-order valence-corrected chi connectivity index (χ1v) is 14.5. The number of aromatic nitrogens is 2. The molecule has 3 aromatic carbocycles. The van der Waals surface area contributed by atoms with Crippen LogP contribution < -0.4 is 4.74 Å². The quantitative estimate of drug-likeness (QED) is 0.109. The van der Waals surface area contributed by atoms with Gasteiger partial charge in [0.15, 0.2) is 0 Å². The summed E-state index contributed by atoms with van der Waals surface area (Å²) >= 11 is 13.2. The van der Waals surface area contributed by atoms with E-state index in [-0.39, 0.29) is 5.91 Å². The highest BCUT2D eigenvalue weighted by atomic mass is 35.5. The lowest BCUT2D eigenvalue weighted by Crippen LogP contribution is -2.28. The third kappa shape index (κ3) is 6.44. The van der Waals surface area contributed by atoms with Crippen LogP contribution in [0.3, 0.4) is 0 Å². The maximum atomic E-state index is 13.2. The molecule has 0 N–H and O–H groups in total. The van der Waals surface area contributed by atoms with Crippen molar-refractivity contribution in [1.29, 1.82) is 0 Å². The fourth-order valence-corrected chi connectivity index (χ4v) is 5.78. The topological polar surface area (TPSA) is 47.4 Å². The molecule has 1 aromatic heterocycles. The Kier molecular flexibility index (Phi) is 8.81. The van der Waals surface area contributed by atoms with Crippen LogP contribution in [0.1, 0.15) is 37.3 Å². The number of nitrogens with zero attached hydrogens (tertiary/aromatic N) is 3. The van der Waals surface area contributed by atoms with E-state index < -0.39 is 0 Å². The zero-order chi connectivity index (χ0) is 27.2. The number of carbonyl (C=O) groups excluding carboxylic acids is 1. The predicted molar refractivity (Wildman–Crippen MR) is 164 cm³/mol. The molecule has 0 radical (unpaired) electrons. The molecule has 0 bridgehead atoms. The Bertz CT molecular complexity index is 1520. The summed E-state index contributed by atoms with van der Waals surface area (Å²) in [7, 11) is 0. The molecule has 4 aromatic rings. The number of para-hydroxylation sites is 1. The number of unbranched alkanes of at least 4 members (excludes halogenated alkanes) is 2. The van der Waals surface area contributed by atoms with Gasteiger partial charge < -0.3 is 4.74 Å². The second-order valence-corrected chi connectivity index (χ2v) is 11.2. The lowest BCUT2D eigenvalue weighted by Gasteiger charge is -2.13. The molecule has 5 nitrogen and oxygen atoms in total. The van der Waals surface area contributed by atoms with Gasteiger partial charge >= 0.3 is 0 Å². The lowest BCUT2D eigenvalue weighted by molar-refractivity contribution is -0.122. The van der Waals surface area contributed by atoms with Crippen molar-refractivity contribution in [2.45, 2.75) is 32.8 Å². The molecule has 39 heavy (non-hydrogen) atoms. The second-order valence-electron chi connectivity index (χ2n) is 9.16. The van der Waals surface area contributed by atoms with Crippen molar-refractivity contribution in [3.63, 3.8) is 0 Å². The van der Waals surface area contributed by atoms with E-state index in [1.54, 1.807) is 4.90 Å². The molecular weight excluding hydrogens is 546 g/mol. The zero-order valence-corrected chi connectivity index (χ0v) is 23.9. The van der Waals surface area contributed by atoms with Gasteiger partial charge in [0.2, 0.25) is 0 Å². The standard InChI is InChI=1S/C31H28ClN3O2S2/c1-2-3-9-17-34-30(36)28(39-31(34)38)19-24-20-35(25-13-5-4-6-14-25)33-29(24)22-12-10-15-26(18-22)37-21-23-11-7-8-16-27(23)32/h4-8,10-16,18-20H,2-3,9,17,21H2,1H3. The van der Waals surface area contributed by atoms with Gasteiger partial charge in [0.25, 0.3) is 5.91 Å². The number of hydrogen-bond donors (Lipinski definition) is 0. The zero-order valence-electron chi connectivity index (χ0n) is 21.5. The van der Waals surface area contributed by atoms with Crippen LogP contribution in [0.2, 0.25) is 5.02 Å². The molecule has 1 amide bonds. The van der Waals surface area contributed by atoms with Crippen LogP contribution in [0, 0.1) is 0 Å². The number of carbonyl (C=O) groups is 1. The number of ether oxygens (including phenoxy) is 1. The van der Waals surface area contributed by atoms with E-state index in [1.165, 1.54) is 11.8 Å². The Morgan fingerprint density at radius 2 is 1.82 bits per heavy atom. The van der Waals surface area contributed by atoms with Gasteiger partial charge in [0, 0.05) is 34.5 Å². The Morgan fingerprint density at radius 3 is 2.62 bits per heavy atom. The van der Waals surface area contributed by atoms with Crippen LogP contribution >= 0.6 is 35.6 Å². The molecule has 0 saturated carbocycles. The van der Waals surface area contributed by atoms with Gasteiger partial charge in [0.05, 0.1) is 10.6 Å². The minimum absolute atomic E-state index is 0.0451. The monoisotopic (exact) mass is 573 g/mol. The van der Waals surface area contributed by atoms with Crippen LogP contribution in [-0.4, -0.2) is 31.5 Å². The lowest BCUT2D eigenvalue weighted by atomic mass is 10.1. The SMILES string of the molecule is CCCCCN1C(=O)C(=Cc2cn(-c3ccccc3)nc2-c2cccc(OCc3ccccc3Cl)c2)SC1=S. The van der Waals surface area contributed by atoms with E-state index in [1.807, 2.05) is 95.8 Å². The van der Waals surface area contributed by atoms with Crippen LogP contribution in [0.25, 0.3) is 23.0 Å². The number of amides is 1. The van der Waals surface area contributed by atoms with Crippen molar-refractivity contribution in [3.8, 4) is 22.7 Å². The minimum Gasteiger partial charge on any atom is -0.489 e. The van der Waals surface area contributed by atoms with Crippen molar-refractivity contribution in [1.82, 2.24) is 14.7 Å². The maximum Gasteiger partial charge on any atom is 0.266 e. The molecule has 198 valence electrons. The summed E-state index contributed by atoms with van der Waals surface area (Å²) in [4.78, 5) is 15.6. The summed E-state index contributed by atoms with van der Waals surface area (Å²) in [5, 5.41) is 5.59. The fourth-order valence-electron chi connectivity index (χ4n) is 4.29. The number of thioether (sulfide) groups is 1. The number of thiocarbonyl (C=S) groups is 1. The molecular formula is C31H28ClN3O2S2. The summed E-state index contributed by atoms with van der Waals surface area (Å²) in [5.74, 6) is 0.659. The molecule has 5 rings (SSSR count). The molecule has 1 aliphatic heterocycles. The molecule has 1 fully saturated rings. The normalized spacial score (nSPS) is 14.4. The van der Waals surface area contributed by atoms with Gasteiger partial charge in [-0.05, 0) is 42.8 Å². The van der Waals surface area contributed by atoms with Crippen molar-refractivity contribution in [2.24, 2.45) is 0 Å². The fraction of sp³-hybridized carbons (Fsp3) is 0.194. The Morgan fingerprint density at radius 1 is 1.03 bits per heavy atom. The van der Waals surface area contributed by atoms with E-state index in [4.69, 9.17) is 33.7 Å². The highest BCUT2D eigenvalue weighted by Gasteiger charge is 2.32. The Labute approximate surface area is 243 Å². The largest absolute Gasteiger partial charge is 0.489 e. The predicted octanol–water partition coefficient (Wildman–Crippen LogP) is 8.16. The number of hydrogen-bond acceptors (Lipinski definition) is 5. The minimum atomic E-state index is -0.0451. The first-order valence-electron chi connectivity index (χ1n) is 12.9. The van der Waals surface area contributed by atoms with E-state index in [0.29, 0.717) is 33.1 Å². The van der Waals surface area contributed by atoms with Crippen LogP contribution in [0.5, 0.6) is 5.75 Å². The third-order valence-electron chi connectivity index (χ3n) is 6.37. The molecule has 1 saturated heterocycles. The first kappa shape index (κ1) is 27.2. The van der Waals surface area contributed by atoms with Crippen molar-refractivity contribution in [3.05, 3.63) is 106 Å². The molecule has 8 heteroatoms. The average molecular weight is 574 g/mol. The third-order valence-corrected chi connectivity index (χ3v) is 8.11. The second kappa shape index (κ2) is 12.6. The number of halogens is 1. The van der Waals surface area contributed by atoms with Crippen molar-refractivity contribution in [2.75, 3.05) is 6.54 Å². The molecule has 0 unspecified atom stereocenters. The number of benzene rings is 3. The highest BCUT2D eigenvalue weighted by Crippen LogP contribution is 2.35. The summed E-state index contributed by atoms with van der Waals surface area (Å²) in [6, 6.07) is 25.4. The highest BCUT2D eigenvalue weighted by molar-refractivity contribution is 8.26. The molecule has 1 aliphatic rings. The Hall–Kier alpha value is -3.39. The first-order chi connectivity index (χ1) is 19.0. The van der Waals surface area contributed by atoms with E-state index in [0.717, 1.165) is 47.3 Å². The van der Waals surface area contributed by atoms with E-state index in [2.05, 4.69) is 6.92 Å². The van der Waals surface area contributed by atoms with Gasteiger partial charge in [-0.3, -0.25) is 9.69 Å². The molecule has 0 atom stereocenters. The van der Waals surface area contributed by atoms with Crippen LogP contribution in [0.15, 0.2) is 90.0 Å². The average Bonchev–Trinajstić information content (AvgIpc) is 3.49. The van der Waals surface area contributed by atoms with Gasteiger partial charge in [-0.1, -0.05) is 104 Å². The molecule has 2 heterocycles. The smallest absolute Gasteiger partial charge is 0.266 e. The van der Waals surface area contributed by atoms with Gasteiger partial charge in [-0.15, -0.1) is 0 Å². The Balaban J connectivity index is 1.47. The van der Waals surface area contributed by atoms with Gasteiger partial charge in [-0.25, -0.2) is 4.68 Å². The molecule has 0 aliphatic carbocycles. The van der Waals surface area contributed by atoms with Gasteiger partial charge in [0.1, 0.15) is 22.4 Å². The van der Waals surface area contributed by atoms with Crippen LogP contribution in [-0.2, 0) is 11.4 Å². The summed E-state index contributed by atoms with van der Waals surface area (Å²) in [5.41, 5.74) is 4.30. The van der Waals surface area contributed by atoms with Crippen LogP contribution in [0.4, 0.5) is 0 Å². The summed E-state index contributed by atoms with van der Waals surface area (Å²) in [6.45, 7) is 3.15. The van der Waals surface area contributed by atoms with E-state index >= 15 is 0 Å². The van der Waals surface area contributed by atoms with Crippen molar-refractivity contribution >= 4 is 51.9 Å². The summed E-state index contributed by atoms with van der Waals surface area (Å²) in [6.07, 6.45) is 6.95. The maximum absolute atomic E-state index is 13.2. The molecule has 0 spiro atoms. The van der Waals surface area contributed by atoms with Gasteiger partial charge in [-0.2, -0.15) is 5.10 Å². The van der Waals surface area contributed by atoms with Crippen molar-refractivity contribution < 1.29 is 9.53 Å². The number of rotatable bonds is 10. The summed E-state index contributed by atoms with van der Waals surface area (Å²) < 4.78 is 8.51.